The van der Waals surface area contributed by atoms with E-state index < -0.39 is 0 Å². The van der Waals surface area contributed by atoms with Crippen molar-refractivity contribution in [3.05, 3.63) is 0 Å². The van der Waals surface area contributed by atoms with E-state index >= 15 is 0 Å². The molecule has 3 rings (SSSR count). The largest absolute Gasteiger partial charge is 0.284 e. The van der Waals surface area contributed by atoms with E-state index in [1.54, 1.807) is 0 Å². The first-order chi connectivity index (χ1) is 9.27. The molecule has 108 valence electrons. The molecule has 1 heterocycles. The molecule has 2 saturated carbocycles. The Labute approximate surface area is 115 Å². The average molecular weight is 266 g/mol. The molecular formula is C15H26N2O2. The van der Waals surface area contributed by atoms with Crippen LogP contribution in [-0.4, -0.2) is 28.4 Å². The molecule has 0 aromatic heterocycles. The number of carbonyl (C=O) groups is 1. The number of hydrogen-bond donors (Lipinski definition) is 2. The normalized spacial score (nSPS) is 35.0. The van der Waals surface area contributed by atoms with E-state index in [9.17, 15) is 10.0 Å². The molecular weight excluding hydrogens is 240 g/mol. The van der Waals surface area contributed by atoms with E-state index in [1.165, 1.54) is 38.5 Å². The summed E-state index contributed by atoms with van der Waals surface area (Å²) < 4.78 is 0. The van der Waals surface area contributed by atoms with Gasteiger partial charge in [0.15, 0.2) is 0 Å². The van der Waals surface area contributed by atoms with Crippen LogP contribution in [0.5, 0.6) is 0 Å². The van der Waals surface area contributed by atoms with Crippen LogP contribution in [0.1, 0.15) is 64.2 Å². The van der Waals surface area contributed by atoms with Crippen molar-refractivity contribution in [1.82, 2.24) is 10.4 Å². The summed E-state index contributed by atoms with van der Waals surface area (Å²) in [5.74, 6) is 0.795. The Bertz CT molecular complexity index is 322. The van der Waals surface area contributed by atoms with Gasteiger partial charge in [-0.1, -0.05) is 38.5 Å². The lowest BCUT2D eigenvalue weighted by Gasteiger charge is -2.30. The van der Waals surface area contributed by atoms with E-state index in [-0.39, 0.29) is 18.1 Å². The van der Waals surface area contributed by atoms with E-state index in [1.807, 2.05) is 0 Å². The predicted octanol–water partition coefficient (Wildman–Crippen LogP) is 2.66. The number of rotatable bonds is 2. The number of carbonyl (C=O) groups excluding carboxylic acids is 1. The molecule has 19 heavy (non-hydrogen) atoms. The molecule has 1 aliphatic heterocycles. The lowest BCUT2D eigenvalue weighted by Crippen LogP contribution is -2.43. The smallest absolute Gasteiger partial charge is 0.264 e. The SMILES string of the molecule is O=C1C(C2CCCCC2)NC(C2CCCCC2)N1O. The first-order valence-corrected chi connectivity index (χ1v) is 8.05. The third-order valence-corrected chi connectivity index (χ3v) is 5.32. The molecule has 0 bridgehead atoms. The third kappa shape index (κ3) is 2.65. The van der Waals surface area contributed by atoms with Gasteiger partial charge in [-0.05, 0) is 37.5 Å². The molecule has 0 radical (unpaired) electrons. The van der Waals surface area contributed by atoms with Gasteiger partial charge in [0.05, 0.1) is 6.04 Å². The zero-order chi connectivity index (χ0) is 13.2. The number of nitrogens with one attached hydrogen (secondary N) is 1. The fraction of sp³-hybridized carbons (Fsp3) is 0.933. The Kier molecular flexibility index (Phi) is 4.08. The van der Waals surface area contributed by atoms with Gasteiger partial charge in [-0.2, -0.15) is 0 Å². The van der Waals surface area contributed by atoms with Crippen molar-refractivity contribution in [3.8, 4) is 0 Å². The molecule has 0 aromatic rings. The van der Waals surface area contributed by atoms with Crippen molar-refractivity contribution in [2.45, 2.75) is 76.4 Å². The molecule has 4 nitrogen and oxygen atoms in total. The third-order valence-electron chi connectivity index (χ3n) is 5.32. The van der Waals surface area contributed by atoms with Crippen LogP contribution in [0.15, 0.2) is 0 Å². The maximum atomic E-state index is 12.3. The second-order valence-electron chi connectivity index (χ2n) is 6.57. The fourth-order valence-corrected chi connectivity index (χ4v) is 4.20. The van der Waals surface area contributed by atoms with Crippen LogP contribution in [0, 0.1) is 11.8 Å². The molecule has 2 N–H and O–H groups in total. The van der Waals surface area contributed by atoms with E-state index in [2.05, 4.69) is 5.32 Å². The maximum absolute atomic E-state index is 12.3. The highest BCUT2D eigenvalue weighted by Gasteiger charge is 2.45. The Balaban J connectivity index is 1.66. The van der Waals surface area contributed by atoms with Gasteiger partial charge in [-0.25, -0.2) is 5.06 Å². The van der Waals surface area contributed by atoms with Crippen LogP contribution in [0.25, 0.3) is 0 Å². The molecule has 2 atom stereocenters. The van der Waals surface area contributed by atoms with Crippen molar-refractivity contribution < 1.29 is 10.0 Å². The highest BCUT2D eigenvalue weighted by atomic mass is 16.5. The van der Waals surface area contributed by atoms with Crippen molar-refractivity contribution in [2.75, 3.05) is 0 Å². The first-order valence-electron chi connectivity index (χ1n) is 8.05. The first kappa shape index (κ1) is 13.4. The summed E-state index contributed by atoms with van der Waals surface area (Å²) in [5, 5.41) is 14.6. The van der Waals surface area contributed by atoms with Gasteiger partial charge < -0.3 is 0 Å². The number of amides is 1. The van der Waals surface area contributed by atoms with Crippen LogP contribution in [-0.2, 0) is 4.79 Å². The van der Waals surface area contributed by atoms with Crippen molar-refractivity contribution >= 4 is 5.91 Å². The average Bonchev–Trinajstić information content (AvgIpc) is 2.77. The summed E-state index contributed by atoms with van der Waals surface area (Å²) >= 11 is 0. The summed E-state index contributed by atoms with van der Waals surface area (Å²) in [7, 11) is 0. The van der Waals surface area contributed by atoms with Crippen LogP contribution in [0.3, 0.4) is 0 Å². The van der Waals surface area contributed by atoms with E-state index in [0.29, 0.717) is 11.8 Å². The molecule has 0 spiro atoms. The molecule has 4 heteroatoms. The van der Waals surface area contributed by atoms with Crippen LogP contribution in [0.2, 0.25) is 0 Å². The Hall–Kier alpha value is -0.610. The van der Waals surface area contributed by atoms with Crippen molar-refractivity contribution in [1.29, 1.82) is 0 Å². The second kappa shape index (κ2) is 5.80. The summed E-state index contributed by atoms with van der Waals surface area (Å²) in [6, 6.07) is -0.128. The zero-order valence-corrected chi connectivity index (χ0v) is 11.7. The van der Waals surface area contributed by atoms with Gasteiger partial charge in [0.2, 0.25) is 0 Å². The van der Waals surface area contributed by atoms with Gasteiger partial charge in [0.1, 0.15) is 6.17 Å². The summed E-state index contributed by atoms with van der Waals surface area (Å²) in [6.07, 6.45) is 12.0. The second-order valence-corrected chi connectivity index (χ2v) is 6.57. The minimum Gasteiger partial charge on any atom is -0.284 e. The lowest BCUT2D eigenvalue weighted by atomic mass is 9.83. The topological polar surface area (TPSA) is 52.6 Å². The number of nitrogens with zero attached hydrogens (tertiary/aromatic N) is 1. The lowest BCUT2D eigenvalue weighted by molar-refractivity contribution is -0.172. The molecule has 1 amide bonds. The Morgan fingerprint density at radius 1 is 0.895 bits per heavy atom. The predicted molar refractivity (Wildman–Crippen MR) is 72.5 cm³/mol. The van der Waals surface area contributed by atoms with Crippen LogP contribution in [0.4, 0.5) is 0 Å². The molecule has 0 aromatic carbocycles. The number of hydroxylamine groups is 2. The van der Waals surface area contributed by atoms with Crippen LogP contribution < -0.4 is 5.32 Å². The molecule has 2 unspecified atom stereocenters. The maximum Gasteiger partial charge on any atom is 0.264 e. The van der Waals surface area contributed by atoms with Crippen molar-refractivity contribution in [3.63, 3.8) is 0 Å². The van der Waals surface area contributed by atoms with Gasteiger partial charge in [-0.15, -0.1) is 0 Å². The van der Waals surface area contributed by atoms with Crippen LogP contribution >= 0.6 is 0 Å². The fourth-order valence-electron chi connectivity index (χ4n) is 4.20. The molecule has 3 aliphatic rings. The van der Waals surface area contributed by atoms with E-state index in [0.717, 1.165) is 30.7 Å². The molecule has 3 fully saturated rings. The minimum atomic E-state index is -0.128. The van der Waals surface area contributed by atoms with E-state index in [4.69, 9.17) is 0 Å². The Morgan fingerprint density at radius 2 is 1.42 bits per heavy atom. The highest BCUT2D eigenvalue weighted by Crippen LogP contribution is 2.34. The van der Waals surface area contributed by atoms with Gasteiger partial charge in [-0.3, -0.25) is 15.3 Å². The minimum absolute atomic E-state index is 0.0810. The molecule has 2 aliphatic carbocycles. The van der Waals surface area contributed by atoms with Gasteiger partial charge >= 0.3 is 0 Å². The summed E-state index contributed by atoms with van der Waals surface area (Å²) in [6.45, 7) is 0. The highest BCUT2D eigenvalue weighted by molar-refractivity contribution is 5.83. The quantitative estimate of drug-likeness (QED) is 0.756. The summed E-state index contributed by atoms with van der Waals surface area (Å²) in [5.41, 5.74) is 0. The van der Waals surface area contributed by atoms with Gasteiger partial charge in [0.25, 0.3) is 5.91 Å². The monoisotopic (exact) mass is 266 g/mol. The Morgan fingerprint density at radius 3 is 2.00 bits per heavy atom. The summed E-state index contributed by atoms with van der Waals surface area (Å²) in [4.78, 5) is 12.3. The zero-order valence-electron chi connectivity index (χ0n) is 11.7. The van der Waals surface area contributed by atoms with Crippen molar-refractivity contribution in [2.24, 2.45) is 11.8 Å². The number of hydrogen-bond acceptors (Lipinski definition) is 3. The van der Waals surface area contributed by atoms with Gasteiger partial charge in [0, 0.05) is 0 Å². The standard InChI is InChI=1S/C15H26N2O2/c18-15-13(11-7-3-1-4-8-11)16-14(17(15)19)12-9-5-2-6-10-12/h11-14,16,19H,1-10H2. The molecule has 1 saturated heterocycles.